The van der Waals surface area contributed by atoms with E-state index in [2.05, 4.69) is 0 Å². The molecule has 0 spiro atoms. The third-order valence-corrected chi connectivity index (χ3v) is 6.12. The van der Waals surface area contributed by atoms with E-state index in [1.54, 1.807) is 66.7 Å². The van der Waals surface area contributed by atoms with Crippen molar-refractivity contribution in [1.29, 1.82) is 0 Å². The van der Waals surface area contributed by atoms with Gasteiger partial charge in [0.1, 0.15) is 17.3 Å². The standard InChI is InChI=1S/C27H23Cl2NO5/c1-3-34-20-12-5-16(6-13-20)24-23(25(31)17-7-14-21(29)22(15-17)35-4-2)26(32)27(33)30(24)19-10-8-18(28)9-11-19/h5-15,24,31H,3-4H2,1-2H3/b25-23-. The summed E-state index contributed by atoms with van der Waals surface area (Å²) in [4.78, 5) is 27.9. The monoisotopic (exact) mass is 511 g/mol. The van der Waals surface area contributed by atoms with Gasteiger partial charge in [0.25, 0.3) is 11.7 Å². The average molecular weight is 512 g/mol. The number of rotatable bonds is 7. The van der Waals surface area contributed by atoms with Gasteiger partial charge in [-0.2, -0.15) is 0 Å². The minimum Gasteiger partial charge on any atom is -0.507 e. The molecule has 1 amide bonds. The summed E-state index contributed by atoms with van der Waals surface area (Å²) in [6, 6.07) is 17.5. The second-order valence-electron chi connectivity index (χ2n) is 7.73. The first kappa shape index (κ1) is 24.6. The number of Topliss-reactive ketones (excluding diaryl/α,β-unsaturated/α-hetero) is 1. The van der Waals surface area contributed by atoms with E-state index in [4.69, 9.17) is 32.7 Å². The lowest BCUT2D eigenvalue weighted by Crippen LogP contribution is -2.29. The Balaban J connectivity index is 1.90. The summed E-state index contributed by atoms with van der Waals surface area (Å²) < 4.78 is 11.1. The lowest BCUT2D eigenvalue weighted by molar-refractivity contribution is -0.132. The van der Waals surface area contributed by atoms with E-state index < -0.39 is 17.7 Å². The highest BCUT2D eigenvalue weighted by Crippen LogP contribution is 2.43. The maximum absolute atomic E-state index is 13.3. The van der Waals surface area contributed by atoms with E-state index in [1.165, 1.54) is 4.90 Å². The van der Waals surface area contributed by atoms with Crippen LogP contribution in [0.25, 0.3) is 5.76 Å². The van der Waals surface area contributed by atoms with Gasteiger partial charge in [0.05, 0.1) is 29.9 Å². The van der Waals surface area contributed by atoms with Crippen molar-refractivity contribution < 1.29 is 24.2 Å². The fourth-order valence-corrected chi connectivity index (χ4v) is 4.30. The highest BCUT2D eigenvalue weighted by atomic mass is 35.5. The van der Waals surface area contributed by atoms with Crippen molar-refractivity contribution in [3.63, 3.8) is 0 Å². The smallest absolute Gasteiger partial charge is 0.300 e. The first-order valence-electron chi connectivity index (χ1n) is 11.1. The number of amides is 1. The molecule has 4 rings (SSSR count). The molecule has 1 heterocycles. The van der Waals surface area contributed by atoms with Gasteiger partial charge in [-0.25, -0.2) is 0 Å². The van der Waals surface area contributed by atoms with Crippen molar-refractivity contribution in [1.82, 2.24) is 0 Å². The number of aliphatic hydroxyl groups excluding tert-OH is 1. The van der Waals surface area contributed by atoms with Gasteiger partial charge < -0.3 is 14.6 Å². The number of ether oxygens (including phenoxy) is 2. The van der Waals surface area contributed by atoms with Crippen LogP contribution in [0.2, 0.25) is 10.0 Å². The van der Waals surface area contributed by atoms with E-state index in [0.717, 1.165) is 0 Å². The third kappa shape index (κ3) is 4.85. The van der Waals surface area contributed by atoms with E-state index in [-0.39, 0.29) is 11.3 Å². The molecule has 1 fully saturated rings. The molecular weight excluding hydrogens is 489 g/mol. The average Bonchev–Trinajstić information content (AvgIpc) is 3.12. The maximum atomic E-state index is 13.3. The fraction of sp³-hybridized carbons (Fsp3) is 0.185. The molecule has 35 heavy (non-hydrogen) atoms. The molecule has 180 valence electrons. The van der Waals surface area contributed by atoms with Crippen LogP contribution in [-0.4, -0.2) is 30.0 Å². The number of carbonyl (C=O) groups excluding carboxylic acids is 2. The Hall–Kier alpha value is -3.48. The van der Waals surface area contributed by atoms with Gasteiger partial charge in [0, 0.05) is 16.3 Å². The van der Waals surface area contributed by atoms with Crippen LogP contribution in [0.3, 0.4) is 0 Å². The molecule has 1 N–H and O–H groups in total. The van der Waals surface area contributed by atoms with E-state index in [1.807, 2.05) is 13.8 Å². The van der Waals surface area contributed by atoms with Crippen molar-refractivity contribution >= 4 is 46.3 Å². The van der Waals surface area contributed by atoms with Gasteiger partial charge in [-0.05, 0) is 74.0 Å². The Kier molecular flexibility index (Phi) is 7.34. The van der Waals surface area contributed by atoms with Crippen LogP contribution in [-0.2, 0) is 9.59 Å². The minimum absolute atomic E-state index is 0.0427. The molecule has 0 aromatic heterocycles. The van der Waals surface area contributed by atoms with Crippen molar-refractivity contribution in [3.8, 4) is 11.5 Å². The molecule has 0 saturated carbocycles. The number of anilines is 1. The predicted octanol–water partition coefficient (Wildman–Crippen LogP) is 6.42. The first-order chi connectivity index (χ1) is 16.8. The fourth-order valence-electron chi connectivity index (χ4n) is 4.00. The zero-order valence-electron chi connectivity index (χ0n) is 19.1. The summed E-state index contributed by atoms with van der Waals surface area (Å²) in [6.07, 6.45) is 0. The quantitative estimate of drug-likeness (QED) is 0.225. The molecule has 0 aliphatic carbocycles. The molecule has 1 unspecified atom stereocenters. The molecule has 6 nitrogen and oxygen atoms in total. The molecule has 3 aromatic carbocycles. The molecule has 1 atom stereocenters. The Bertz CT molecular complexity index is 1290. The minimum atomic E-state index is -0.877. The van der Waals surface area contributed by atoms with E-state index in [0.29, 0.717) is 51.6 Å². The summed E-state index contributed by atoms with van der Waals surface area (Å²) in [6.45, 7) is 4.57. The summed E-state index contributed by atoms with van der Waals surface area (Å²) >= 11 is 12.2. The van der Waals surface area contributed by atoms with Crippen LogP contribution >= 0.6 is 23.2 Å². The Morgan fingerprint density at radius 1 is 0.914 bits per heavy atom. The number of benzene rings is 3. The van der Waals surface area contributed by atoms with Gasteiger partial charge in [-0.3, -0.25) is 14.5 Å². The molecule has 0 radical (unpaired) electrons. The van der Waals surface area contributed by atoms with Crippen LogP contribution in [0.4, 0.5) is 5.69 Å². The second-order valence-corrected chi connectivity index (χ2v) is 8.57. The molecule has 1 aliphatic rings. The normalized spacial score (nSPS) is 17.0. The van der Waals surface area contributed by atoms with Crippen molar-refractivity contribution in [3.05, 3.63) is 93.5 Å². The van der Waals surface area contributed by atoms with Crippen LogP contribution in [0, 0.1) is 0 Å². The SMILES string of the molecule is CCOc1ccc(C2/C(=C(/O)c3ccc(Cl)c(OCC)c3)C(=O)C(=O)N2c2ccc(Cl)cc2)cc1. The van der Waals surface area contributed by atoms with Gasteiger partial charge in [0.15, 0.2) is 0 Å². The van der Waals surface area contributed by atoms with Gasteiger partial charge in [-0.15, -0.1) is 0 Å². The second kappa shape index (κ2) is 10.4. The zero-order chi connectivity index (χ0) is 25.1. The summed E-state index contributed by atoms with van der Waals surface area (Å²) in [5.74, 6) is -0.867. The Morgan fingerprint density at radius 2 is 1.57 bits per heavy atom. The van der Waals surface area contributed by atoms with E-state index in [9.17, 15) is 14.7 Å². The zero-order valence-corrected chi connectivity index (χ0v) is 20.6. The molecule has 1 aliphatic heterocycles. The van der Waals surface area contributed by atoms with Crippen molar-refractivity contribution in [2.75, 3.05) is 18.1 Å². The number of ketones is 1. The number of aliphatic hydroxyl groups is 1. The molecule has 3 aromatic rings. The Morgan fingerprint density at radius 3 is 2.20 bits per heavy atom. The van der Waals surface area contributed by atoms with Gasteiger partial charge in [0.2, 0.25) is 0 Å². The van der Waals surface area contributed by atoms with Gasteiger partial charge >= 0.3 is 0 Å². The number of carbonyl (C=O) groups is 2. The molecule has 0 bridgehead atoms. The molecule has 8 heteroatoms. The van der Waals surface area contributed by atoms with Gasteiger partial charge in [-0.1, -0.05) is 35.3 Å². The molecule has 1 saturated heterocycles. The number of hydrogen-bond acceptors (Lipinski definition) is 5. The first-order valence-corrected chi connectivity index (χ1v) is 11.8. The largest absolute Gasteiger partial charge is 0.507 e. The topological polar surface area (TPSA) is 76.1 Å². The van der Waals surface area contributed by atoms with Crippen molar-refractivity contribution in [2.45, 2.75) is 19.9 Å². The van der Waals surface area contributed by atoms with Crippen LogP contribution in [0.5, 0.6) is 11.5 Å². The highest BCUT2D eigenvalue weighted by Gasteiger charge is 2.47. The predicted molar refractivity (Wildman–Crippen MR) is 136 cm³/mol. The third-order valence-electron chi connectivity index (χ3n) is 5.56. The van der Waals surface area contributed by atoms with Crippen LogP contribution in [0.15, 0.2) is 72.3 Å². The van der Waals surface area contributed by atoms with E-state index >= 15 is 0 Å². The van der Waals surface area contributed by atoms with Crippen LogP contribution < -0.4 is 14.4 Å². The summed E-state index contributed by atoms with van der Waals surface area (Å²) in [5.41, 5.74) is 1.37. The van der Waals surface area contributed by atoms with Crippen LogP contribution in [0.1, 0.15) is 31.0 Å². The molecular formula is C27H23Cl2NO5. The highest BCUT2D eigenvalue weighted by molar-refractivity contribution is 6.51. The number of hydrogen-bond donors (Lipinski definition) is 1. The lowest BCUT2D eigenvalue weighted by Gasteiger charge is -2.25. The lowest BCUT2D eigenvalue weighted by atomic mass is 9.95. The summed E-state index contributed by atoms with van der Waals surface area (Å²) in [7, 11) is 0. The number of halogens is 2. The summed E-state index contributed by atoms with van der Waals surface area (Å²) in [5, 5.41) is 12.2. The Labute approximate surface area is 213 Å². The maximum Gasteiger partial charge on any atom is 0.300 e. The van der Waals surface area contributed by atoms with Crippen molar-refractivity contribution in [2.24, 2.45) is 0 Å². The number of nitrogens with zero attached hydrogens (tertiary/aromatic N) is 1.